The van der Waals surface area contributed by atoms with Crippen LogP contribution in [0.5, 0.6) is 0 Å². The van der Waals surface area contributed by atoms with Gasteiger partial charge in [-0.1, -0.05) is 231 Å². The van der Waals surface area contributed by atoms with E-state index in [0.29, 0.717) is 5.82 Å². The van der Waals surface area contributed by atoms with Gasteiger partial charge in [0, 0.05) is 44.0 Å². The SMILES string of the molecule is c1ccc(-c2cc(-c3ccc(-c4nc(-c5ccc(-c6cc(-c7ccccc7)c7ccccc7n6)cc5)c5cc(-c6cccc7ccccc67)cc(-c6cccc7ccccc67)c5n4)cc3)nc3ccccc23)cc1. The second-order valence-electron chi connectivity index (χ2n) is 18.9. The maximum Gasteiger partial charge on any atom is 0.160 e. The van der Waals surface area contributed by atoms with Crippen LogP contribution in [0.25, 0.3) is 144 Å². The summed E-state index contributed by atoms with van der Waals surface area (Å²) in [6.07, 6.45) is 0. The van der Waals surface area contributed by atoms with E-state index < -0.39 is 0 Å². The molecule has 0 aliphatic rings. The molecule has 0 amide bonds. The quantitative estimate of drug-likeness (QED) is 0.152. The van der Waals surface area contributed by atoms with Crippen molar-refractivity contribution in [3.63, 3.8) is 0 Å². The summed E-state index contributed by atoms with van der Waals surface area (Å²) in [5, 5.41) is 7.94. The van der Waals surface area contributed by atoms with E-state index in [1.165, 1.54) is 16.2 Å². The molecule has 3 aromatic heterocycles. The van der Waals surface area contributed by atoms with E-state index in [4.69, 9.17) is 19.9 Å². The van der Waals surface area contributed by atoms with Crippen LogP contribution in [-0.4, -0.2) is 19.9 Å². The Bertz CT molecular complexity index is 4440. The van der Waals surface area contributed by atoms with Crippen LogP contribution in [0.15, 0.2) is 267 Å². The predicted molar refractivity (Wildman–Crippen MR) is 309 cm³/mol. The molecule has 14 aromatic rings. The highest BCUT2D eigenvalue weighted by atomic mass is 14.9. The zero-order chi connectivity index (χ0) is 49.0. The van der Waals surface area contributed by atoms with E-state index in [1.807, 2.05) is 0 Å². The standard InChI is InChI=1S/C70H44N4/c1-3-17-47(18-4-1)60-43-66(71-64-31-13-11-27-58(60)64)49-33-37-51(38-34-49)68-63-42-53(56-29-15-23-45-21-7-9-25-54(45)56)41-62(57-30-16-24-46-22-8-10-26-55(46)57)69(63)74-70(73-68)52-39-35-50(36-40-52)67-44-61(48-19-5-2-6-20-48)59-28-12-14-32-65(59)72-67/h1-44H. The van der Waals surface area contributed by atoms with Crippen molar-refractivity contribution >= 4 is 54.3 Å². The van der Waals surface area contributed by atoms with Gasteiger partial charge in [-0.05, 0) is 96.9 Å². The van der Waals surface area contributed by atoms with E-state index >= 15 is 0 Å². The molecule has 0 fully saturated rings. The molecule has 0 aliphatic carbocycles. The molecule has 74 heavy (non-hydrogen) atoms. The van der Waals surface area contributed by atoms with E-state index in [-0.39, 0.29) is 0 Å². The van der Waals surface area contributed by atoms with Gasteiger partial charge < -0.3 is 0 Å². The molecule has 0 bridgehead atoms. The summed E-state index contributed by atoms with van der Waals surface area (Å²) in [5.41, 5.74) is 18.4. The Balaban J connectivity index is 0.977. The molecule has 0 aliphatic heterocycles. The fourth-order valence-corrected chi connectivity index (χ4v) is 10.8. The number of aromatic nitrogens is 4. The Morgan fingerprint density at radius 2 is 0.662 bits per heavy atom. The second kappa shape index (κ2) is 18.1. The fraction of sp³-hybridized carbons (Fsp3) is 0. The maximum atomic E-state index is 5.60. The van der Waals surface area contributed by atoms with Crippen LogP contribution in [-0.2, 0) is 0 Å². The first kappa shape index (κ1) is 42.9. The van der Waals surface area contributed by atoms with Gasteiger partial charge in [0.1, 0.15) is 0 Å². The van der Waals surface area contributed by atoms with E-state index in [2.05, 4.69) is 267 Å². The lowest BCUT2D eigenvalue weighted by Crippen LogP contribution is -1.99. The van der Waals surface area contributed by atoms with Crippen LogP contribution in [0, 0.1) is 0 Å². The van der Waals surface area contributed by atoms with Gasteiger partial charge in [0.05, 0.1) is 33.6 Å². The van der Waals surface area contributed by atoms with Gasteiger partial charge in [-0.2, -0.15) is 0 Å². The third-order valence-electron chi connectivity index (χ3n) is 14.5. The molecule has 0 atom stereocenters. The van der Waals surface area contributed by atoms with Crippen LogP contribution in [0.4, 0.5) is 0 Å². The fourth-order valence-electron chi connectivity index (χ4n) is 10.8. The summed E-state index contributed by atoms with van der Waals surface area (Å²) >= 11 is 0. The van der Waals surface area contributed by atoms with Crippen LogP contribution in [0.2, 0.25) is 0 Å². The Morgan fingerprint density at radius 1 is 0.216 bits per heavy atom. The lowest BCUT2D eigenvalue weighted by atomic mass is 9.90. The van der Waals surface area contributed by atoms with Gasteiger partial charge >= 0.3 is 0 Å². The van der Waals surface area contributed by atoms with Crippen LogP contribution >= 0.6 is 0 Å². The van der Waals surface area contributed by atoms with Crippen LogP contribution < -0.4 is 0 Å². The average Bonchev–Trinajstić information content (AvgIpc) is 3.50. The van der Waals surface area contributed by atoms with Crippen LogP contribution in [0.3, 0.4) is 0 Å². The summed E-state index contributed by atoms with van der Waals surface area (Å²) < 4.78 is 0. The molecule has 0 radical (unpaired) electrons. The van der Waals surface area contributed by atoms with Crippen molar-refractivity contribution in [1.29, 1.82) is 0 Å². The normalized spacial score (nSPS) is 11.5. The number of hydrogen-bond acceptors (Lipinski definition) is 4. The minimum atomic E-state index is 0.641. The lowest BCUT2D eigenvalue weighted by Gasteiger charge is -2.17. The zero-order valence-electron chi connectivity index (χ0n) is 40.2. The average molecular weight is 941 g/mol. The summed E-state index contributed by atoms with van der Waals surface area (Å²) in [5.74, 6) is 0.641. The molecule has 344 valence electrons. The number of hydrogen-bond donors (Lipinski definition) is 0. The first-order valence-electron chi connectivity index (χ1n) is 25.1. The van der Waals surface area contributed by atoms with Gasteiger partial charge in [-0.3, -0.25) is 0 Å². The van der Waals surface area contributed by atoms with Gasteiger partial charge in [0.25, 0.3) is 0 Å². The van der Waals surface area contributed by atoms with Gasteiger partial charge in [0.2, 0.25) is 0 Å². The molecule has 0 spiro atoms. The monoisotopic (exact) mass is 940 g/mol. The van der Waals surface area contributed by atoms with E-state index in [0.717, 1.165) is 122 Å². The number of nitrogens with zero attached hydrogens (tertiary/aromatic N) is 4. The molecule has 4 nitrogen and oxygen atoms in total. The van der Waals surface area contributed by atoms with Crippen molar-refractivity contribution in [2.75, 3.05) is 0 Å². The highest BCUT2D eigenvalue weighted by molar-refractivity contribution is 6.11. The number of rotatable bonds is 8. The number of para-hydroxylation sites is 2. The number of benzene rings is 11. The first-order chi connectivity index (χ1) is 36.7. The molecule has 0 N–H and O–H groups in total. The molecular formula is C70H44N4. The summed E-state index contributed by atoms with van der Waals surface area (Å²) in [7, 11) is 0. The first-order valence-corrected chi connectivity index (χ1v) is 25.1. The summed E-state index contributed by atoms with van der Waals surface area (Å²) in [6.45, 7) is 0. The minimum absolute atomic E-state index is 0.641. The third kappa shape index (κ3) is 7.65. The van der Waals surface area contributed by atoms with Crippen molar-refractivity contribution in [3.05, 3.63) is 267 Å². The number of fused-ring (bicyclic) bond motifs is 5. The lowest BCUT2D eigenvalue weighted by molar-refractivity contribution is 1.23. The van der Waals surface area contributed by atoms with Gasteiger partial charge in [-0.15, -0.1) is 0 Å². The van der Waals surface area contributed by atoms with Crippen molar-refractivity contribution in [2.45, 2.75) is 0 Å². The molecule has 14 rings (SSSR count). The highest BCUT2D eigenvalue weighted by Gasteiger charge is 2.21. The van der Waals surface area contributed by atoms with Crippen molar-refractivity contribution < 1.29 is 0 Å². The smallest absolute Gasteiger partial charge is 0.160 e. The minimum Gasteiger partial charge on any atom is -0.248 e. The zero-order valence-corrected chi connectivity index (χ0v) is 40.2. The van der Waals surface area contributed by atoms with Crippen LogP contribution in [0.1, 0.15) is 0 Å². The van der Waals surface area contributed by atoms with Gasteiger partial charge in [0.15, 0.2) is 5.82 Å². The summed E-state index contributed by atoms with van der Waals surface area (Å²) in [6, 6.07) is 94.7. The predicted octanol–water partition coefficient (Wildman–Crippen LogP) is 18.4. The van der Waals surface area contributed by atoms with Crippen molar-refractivity contribution in [3.8, 4) is 89.7 Å². The van der Waals surface area contributed by atoms with Crippen molar-refractivity contribution in [1.82, 2.24) is 19.9 Å². The van der Waals surface area contributed by atoms with E-state index in [1.54, 1.807) is 0 Å². The topological polar surface area (TPSA) is 51.6 Å². The molecule has 4 heteroatoms. The molecular weight excluding hydrogens is 897 g/mol. The highest BCUT2D eigenvalue weighted by Crippen LogP contribution is 2.43. The Hall–Kier alpha value is -9.90. The molecule has 0 unspecified atom stereocenters. The second-order valence-corrected chi connectivity index (χ2v) is 18.9. The molecule has 0 saturated heterocycles. The Labute approximate surface area is 428 Å². The Kier molecular flexibility index (Phi) is 10.5. The van der Waals surface area contributed by atoms with Gasteiger partial charge in [-0.25, -0.2) is 19.9 Å². The molecule has 11 aromatic carbocycles. The maximum absolute atomic E-state index is 5.60. The third-order valence-corrected chi connectivity index (χ3v) is 14.5. The Morgan fingerprint density at radius 3 is 1.23 bits per heavy atom. The van der Waals surface area contributed by atoms with E-state index in [9.17, 15) is 0 Å². The number of pyridine rings is 2. The summed E-state index contributed by atoms with van der Waals surface area (Å²) in [4.78, 5) is 21.6. The molecule has 3 heterocycles. The largest absolute Gasteiger partial charge is 0.248 e. The molecule has 0 saturated carbocycles. The van der Waals surface area contributed by atoms with Crippen molar-refractivity contribution in [2.24, 2.45) is 0 Å².